The first-order valence-corrected chi connectivity index (χ1v) is 9.68. The Morgan fingerprint density at radius 3 is 2.67 bits per heavy atom. The van der Waals surface area contributed by atoms with Gasteiger partial charge in [-0.15, -0.1) is 11.8 Å². The number of carbonyl (C=O) groups excluding carboxylic acids is 1. The van der Waals surface area contributed by atoms with E-state index in [0.29, 0.717) is 0 Å². The van der Waals surface area contributed by atoms with Gasteiger partial charge < -0.3 is 9.64 Å². The van der Waals surface area contributed by atoms with Crippen molar-refractivity contribution in [2.75, 3.05) is 19.4 Å². The third-order valence-corrected chi connectivity index (χ3v) is 6.25. The van der Waals surface area contributed by atoms with Crippen LogP contribution in [0.2, 0.25) is 0 Å². The van der Waals surface area contributed by atoms with E-state index in [2.05, 4.69) is 22.9 Å². The first-order valence-electron chi connectivity index (χ1n) is 7.84. The van der Waals surface area contributed by atoms with Crippen LogP contribution in [0.1, 0.15) is 32.4 Å². The van der Waals surface area contributed by atoms with Crippen LogP contribution >= 0.6 is 27.7 Å². The van der Waals surface area contributed by atoms with E-state index in [0.717, 1.165) is 39.2 Å². The summed E-state index contributed by atoms with van der Waals surface area (Å²) >= 11 is 5.34. The molecule has 0 N–H and O–H groups in total. The molecule has 1 fully saturated rings. The lowest BCUT2D eigenvalue weighted by atomic mass is 10.1. The molecule has 3 nitrogen and oxygen atoms in total. The summed E-state index contributed by atoms with van der Waals surface area (Å²) in [6.07, 6.45) is 0. The van der Waals surface area contributed by atoms with Gasteiger partial charge in [0.05, 0.1) is 11.6 Å². The number of rotatable bonds is 3. The lowest BCUT2D eigenvalue weighted by Crippen LogP contribution is -2.30. The second-order valence-electron chi connectivity index (χ2n) is 5.91. The molecule has 1 amide bonds. The van der Waals surface area contributed by atoms with Gasteiger partial charge in [0.1, 0.15) is 11.1 Å². The highest BCUT2D eigenvalue weighted by molar-refractivity contribution is 9.10. The zero-order chi connectivity index (χ0) is 17.3. The zero-order valence-corrected chi connectivity index (χ0v) is 16.4. The second kappa shape index (κ2) is 7.19. The molecule has 126 valence electrons. The number of thioether (sulfide) groups is 1. The molecule has 0 spiro atoms. The van der Waals surface area contributed by atoms with Crippen LogP contribution < -0.4 is 4.74 Å². The molecule has 24 heavy (non-hydrogen) atoms. The molecular formula is C19H20BrNO2S. The summed E-state index contributed by atoms with van der Waals surface area (Å²) in [5.74, 6) is 1.85. The van der Waals surface area contributed by atoms with Crippen molar-refractivity contribution >= 4 is 33.6 Å². The van der Waals surface area contributed by atoms with Gasteiger partial charge in [0, 0.05) is 17.9 Å². The molecule has 0 aromatic heterocycles. The van der Waals surface area contributed by atoms with E-state index in [1.165, 1.54) is 5.56 Å². The number of amides is 1. The number of hydrogen-bond acceptors (Lipinski definition) is 3. The molecule has 1 aliphatic heterocycles. The summed E-state index contributed by atoms with van der Waals surface area (Å²) in [4.78, 5) is 14.9. The molecule has 0 saturated carbocycles. The number of benzene rings is 2. The Hall–Kier alpha value is -1.46. The summed E-state index contributed by atoms with van der Waals surface area (Å²) in [7, 11) is 1.65. The van der Waals surface area contributed by atoms with E-state index >= 15 is 0 Å². The summed E-state index contributed by atoms with van der Waals surface area (Å²) in [5, 5.41) is 0.0429. The summed E-state index contributed by atoms with van der Waals surface area (Å²) < 4.78 is 6.21. The van der Waals surface area contributed by atoms with E-state index in [-0.39, 0.29) is 11.3 Å². The van der Waals surface area contributed by atoms with Gasteiger partial charge in [0.2, 0.25) is 0 Å². The lowest BCUT2D eigenvalue weighted by Gasteiger charge is -2.25. The van der Waals surface area contributed by atoms with Crippen LogP contribution in [-0.2, 0) is 0 Å². The second-order valence-corrected chi connectivity index (χ2v) is 7.96. The largest absolute Gasteiger partial charge is 0.496 e. The van der Waals surface area contributed by atoms with Gasteiger partial charge >= 0.3 is 0 Å². The lowest BCUT2D eigenvalue weighted by molar-refractivity contribution is 0.0760. The Morgan fingerprint density at radius 1 is 1.21 bits per heavy atom. The number of aryl methyl sites for hydroxylation is 2. The van der Waals surface area contributed by atoms with Crippen molar-refractivity contribution in [1.29, 1.82) is 0 Å². The molecule has 1 atom stereocenters. The minimum atomic E-state index is 0.0429. The van der Waals surface area contributed by atoms with Gasteiger partial charge in [-0.05, 0) is 70.7 Å². The highest BCUT2D eigenvalue weighted by Gasteiger charge is 2.31. The fourth-order valence-electron chi connectivity index (χ4n) is 2.83. The topological polar surface area (TPSA) is 29.5 Å². The Morgan fingerprint density at radius 2 is 2.00 bits per heavy atom. The van der Waals surface area contributed by atoms with E-state index in [1.807, 2.05) is 48.2 Å². The normalized spacial score (nSPS) is 17.2. The maximum Gasteiger partial charge on any atom is 0.255 e. The molecule has 1 heterocycles. The van der Waals surface area contributed by atoms with Gasteiger partial charge in [-0.1, -0.05) is 12.1 Å². The predicted octanol–water partition coefficient (Wildman–Crippen LogP) is 4.96. The van der Waals surface area contributed by atoms with Crippen molar-refractivity contribution in [3.8, 4) is 5.75 Å². The number of carbonyl (C=O) groups is 1. The van der Waals surface area contributed by atoms with Crippen molar-refractivity contribution < 1.29 is 9.53 Å². The van der Waals surface area contributed by atoms with Gasteiger partial charge in [-0.3, -0.25) is 4.79 Å². The first kappa shape index (κ1) is 17.4. The number of methoxy groups -OCH3 is 1. The molecule has 0 aliphatic carbocycles. The third kappa shape index (κ3) is 3.33. The molecular weight excluding hydrogens is 386 g/mol. The molecule has 1 saturated heterocycles. The number of hydrogen-bond donors (Lipinski definition) is 0. The predicted molar refractivity (Wildman–Crippen MR) is 103 cm³/mol. The Balaban J connectivity index is 1.88. The van der Waals surface area contributed by atoms with Gasteiger partial charge in [-0.2, -0.15) is 0 Å². The first-order chi connectivity index (χ1) is 11.5. The fraction of sp³-hybridized carbons (Fsp3) is 0.316. The molecule has 5 heteroatoms. The highest BCUT2D eigenvalue weighted by Crippen LogP contribution is 2.41. The number of ether oxygens (including phenoxy) is 1. The molecule has 2 aromatic carbocycles. The SMILES string of the molecule is COc1ccc(C2SCCN2C(=O)c2ccc(C)c(C)c2)cc1Br. The Labute approximate surface area is 155 Å². The van der Waals surface area contributed by atoms with Crippen LogP contribution in [0, 0.1) is 13.8 Å². The maximum atomic E-state index is 13.0. The van der Waals surface area contributed by atoms with Gasteiger partial charge in [0.25, 0.3) is 5.91 Å². The minimum absolute atomic E-state index is 0.0429. The zero-order valence-electron chi connectivity index (χ0n) is 14.0. The third-order valence-electron chi connectivity index (χ3n) is 4.37. The summed E-state index contributed by atoms with van der Waals surface area (Å²) in [6, 6.07) is 12.0. The highest BCUT2D eigenvalue weighted by atomic mass is 79.9. The number of halogens is 1. The average Bonchev–Trinajstić information content (AvgIpc) is 3.06. The summed E-state index contributed by atoms with van der Waals surface area (Å²) in [6.45, 7) is 4.88. The van der Waals surface area contributed by atoms with Crippen LogP contribution in [0.4, 0.5) is 0 Å². The smallest absolute Gasteiger partial charge is 0.255 e. The van der Waals surface area contributed by atoms with Crippen molar-refractivity contribution in [3.05, 3.63) is 63.1 Å². The van der Waals surface area contributed by atoms with Crippen LogP contribution in [-0.4, -0.2) is 30.2 Å². The van der Waals surface area contributed by atoms with Crippen LogP contribution in [0.25, 0.3) is 0 Å². The number of nitrogens with zero attached hydrogens (tertiary/aromatic N) is 1. The van der Waals surface area contributed by atoms with Crippen LogP contribution in [0.5, 0.6) is 5.75 Å². The van der Waals surface area contributed by atoms with Gasteiger partial charge in [-0.25, -0.2) is 0 Å². The Kier molecular flexibility index (Phi) is 5.21. The van der Waals surface area contributed by atoms with E-state index in [1.54, 1.807) is 18.9 Å². The summed E-state index contributed by atoms with van der Waals surface area (Å²) in [5.41, 5.74) is 4.23. The molecule has 2 aromatic rings. The molecule has 0 bridgehead atoms. The molecule has 0 radical (unpaired) electrons. The van der Waals surface area contributed by atoms with Crippen molar-refractivity contribution in [2.45, 2.75) is 19.2 Å². The van der Waals surface area contributed by atoms with Crippen LogP contribution in [0.3, 0.4) is 0 Å². The maximum absolute atomic E-state index is 13.0. The minimum Gasteiger partial charge on any atom is -0.496 e. The van der Waals surface area contributed by atoms with Crippen molar-refractivity contribution in [2.24, 2.45) is 0 Å². The molecule has 1 aliphatic rings. The van der Waals surface area contributed by atoms with E-state index < -0.39 is 0 Å². The van der Waals surface area contributed by atoms with E-state index in [4.69, 9.17) is 4.74 Å². The molecule has 3 rings (SSSR count). The quantitative estimate of drug-likeness (QED) is 0.722. The van der Waals surface area contributed by atoms with Gasteiger partial charge in [0.15, 0.2) is 0 Å². The van der Waals surface area contributed by atoms with Crippen molar-refractivity contribution in [3.63, 3.8) is 0 Å². The van der Waals surface area contributed by atoms with Crippen LogP contribution in [0.15, 0.2) is 40.9 Å². The van der Waals surface area contributed by atoms with Crippen molar-refractivity contribution in [1.82, 2.24) is 4.90 Å². The van der Waals surface area contributed by atoms with E-state index in [9.17, 15) is 4.79 Å². The average molecular weight is 406 g/mol. The fourth-order valence-corrected chi connectivity index (χ4v) is 4.63. The Bertz CT molecular complexity index is 778. The molecule has 1 unspecified atom stereocenters. The standard InChI is InChI=1S/C19H20BrNO2S/c1-12-4-5-14(10-13(12)2)18(22)21-8-9-24-19(21)15-6-7-17(23-3)16(20)11-15/h4-7,10-11,19H,8-9H2,1-3H3. The monoisotopic (exact) mass is 405 g/mol.